The van der Waals surface area contributed by atoms with Crippen LogP contribution in [0.4, 0.5) is 16.3 Å². The number of piperidine rings is 1. The molecule has 0 radical (unpaired) electrons. The molecule has 1 aliphatic rings. The Labute approximate surface area is 173 Å². The minimum absolute atomic E-state index is 0.101. The number of hydrogen-bond acceptors (Lipinski definition) is 7. The maximum Gasteiger partial charge on any atom is 0.411 e. The number of aromatic nitrogens is 2. The normalized spacial score (nSPS) is 14.9. The Morgan fingerprint density at radius 1 is 1.17 bits per heavy atom. The SMILES string of the molecule is CC(C)Oc1ccc(NC(=O)OC2CCN(c3ncnc4ccsc34)CC2)cc1. The predicted octanol–water partition coefficient (Wildman–Crippen LogP) is 4.70. The topological polar surface area (TPSA) is 76.6 Å². The van der Waals surface area contributed by atoms with Gasteiger partial charge in [-0.2, -0.15) is 0 Å². The van der Waals surface area contributed by atoms with Crippen molar-refractivity contribution in [1.29, 1.82) is 0 Å². The van der Waals surface area contributed by atoms with Crippen molar-refractivity contribution in [2.75, 3.05) is 23.3 Å². The first-order chi connectivity index (χ1) is 14.1. The van der Waals surface area contributed by atoms with E-state index in [2.05, 4.69) is 20.2 Å². The maximum absolute atomic E-state index is 12.2. The van der Waals surface area contributed by atoms with Crippen molar-refractivity contribution in [3.8, 4) is 5.75 Å². The molecule has 152 valence electrons. The van der Waals surface area contributed by atoms with Crippen LogP contribution >= 0.6 is 11.3 Å². The Balaban J connectivity index is 1.28. The lowest BCUT2D eigenvalue weighted by Crippen LogP contribution is -2.39. The number of amides is 1. The van der Waals surface area contributed by atoms with E-state index >= 15 is 0 Å². The number of hydrogen-bond donors (Lipinski definition) is 1. The zero-order valence-corrected chi connectivity index (χ0v) is 17.3. The summed E-state index contributed by atoms with van der Waals surface area (Å²) >= 11 is 1.65. The third-order valence-corrected chi connectivity index (χ3v) is 5.61. The molecule has 0 saturated carbocycles. The Hall–Kier alpha value is -2.87. The van der Waals surface area contributed by atoms with Crippen LogP contribution in [0.15, 0.2) is 42.0 Å². The number of benzene rings is 1. The van der Waals surface area contributed by atoms with Gasteiger partial charge in [-0.05, 0) is 49.6 Å². The van der Waals surface area contributed by atoms with Gasteiger partial charge < -0.3 is 14.4 Å². The van der Waals surface area contributed by atoms with Gasteiger partial charge in [0.25, 0.3) is 0 Å². The van der Waals surface area contributed by atoms with E-state index in [-0.39, 0.29) is 12.2 Å². The fourth-order valence-electron chi connectivity index (χ4n) is 3.37. The van der Waals surface area contributed by atoms with Crippen LogP contribution in [0.25, 0.3) is 10.2 Å². The van der Waals surface area contributed by atoms with Crippen molar-refractivity contribution < 1.29 is 14.3 Å². The van der Waals surface area contributed by atoms with Gasteiger partial charge >= 0.3 is 6.09 Å². The Kier molecular flexibility index (Phi) is 5.80. The van der Waals surface area contributed by atoms with Crippen LogP contribution in [0.2, 0.25) is 0 Å². The summed E-state index contributed by atoms with van der Waals surface area (Å²) in [6, 6.07) is 9.29. The van der Waals surface area contributed by atoms with E-state index in [1.807, 2.05) is 49.6 Å². The summed E-state index contributed by atoms with van der Waals surface area (Å²) in [5.74, 6) is 1.74. The molecule has 2 aromatic heterocycles. The van der Waals surface area contributed by atoms with E-state index in [1.54, 1.807) is 17.7 Å². The lowest BCUT2D eigenvalue weighted by Gasteiger charge is -2.32. The van der Waals surface area contributed by atoms with Crippen LogP contribution in [-0.2, 0) is 4.74 Å². The number of rotatable bonds is 5. The van der Waals surface area contributed by atoms with Crippen molar-refractivity contribution >= 4 is 39.2 Å². The maximum atomic E-state index is 12.2. The van der Waals surface area contributed by atoms with Gasteiger partial charge in [-0.1, -0.05) is 0 Å². The summed E-state index contributed by atoms with van der Waals surface area (Å²) in [6.45, 7) is 5.54. The number of thiophene rings is 1. The second-order valence-electron chi connectivity index (χ2n) is 7.24. The highest BCUT2D eigenvalue weighted by Crippen LogP contribution is 2.30. The molecule has 1 aliphatic heterocycles. The number of ether oxygens (including phenoxy) is 2. The van der Waals surface area contributed by atoms with Gasteiger partial charge in [-0.15, -0.1) is 11.3 Å². The first-order valence-electron chi connectivity index (χ1n) is 9.76. The molecule has 7 nitrogen and oxygen atoms in total. The van der Waals surface area contributed by atoms with E-state index in [1.165, 1.54) is 0 Å². The summed E-state index contributed by atoms with van der Waals surface area (Å²) < 4.78 is 12.3. The fraction of sp³-hybridized carbons (Fsp3) is 0.381. The average molecular weight is 413 g/mol. The third-order valence-electron chi connectivity index (χ3n) is 4.71. The van der Waals surface area contributed by atoms with Crippen LogP contribution in [0, 0.1) is 0 Å². The minimum atomic E-state index is -0.427. The van der Waals surface area contributed by atoms with Gasteiger partial charge in [0.15, 0.2) is 0 Å². The smallest absolute Gasteiger partial charge is 0.411 e. The van der Waals surface area contributed by atoms with Gasteiger partial charge in [-0.25, -0.2) is 14.8 Å². The molecule has 3 heterocycles. The minimum Gasteiger partial charge on any atom is -0.491 e. The first-order valence-corrected chi connectivity index (χ1v) is 10.6. The fourth-order valence-corrected chi connectivity index (χ4v) is 4.24. The predicted molar refractivity (Wildman–Crippen MR) is 115 cm³/mol. The number of anilines is 2. The highest BCUT2D eigenvalue weighted by molar-refractivity contribution is 7.17. The second kappa shape index (κ2) is 8.65. The van der Waals surface area contributed by atoms with Crippen molar-refractivity contribution in [2.24, 2.45) is 0 Å². The summed E-state index contributed by atoms with van der Waals surface area (Å²) in [7, 11) is 0. The molecule has 0 spiro atoms. The second-order valence-corrected chi connectivity index (χ2v) is 8.16. The zero-order chi connectivity index (χ0) is 20.2. The van der Waals surface area contributed by atoms with Crippen LogP contribution in [0.3, 0.4) is 0 Å². The number of nitrogens with zero attached hydrogens (tertiary/aromatic N) is 3. The highest BCUT2D eigenvalue weighted by atomic mass is 32.1. The monoisotopic (exact) mass is 412 g/mol. The molecule has 0 bridgehead atoms. The largest absolute Gasteiger partial charge is 0.491 e. The van der Waals surface area contributed by atoms with Crippen molar-refractivity contribution in [3.05, 3.63) is 42.0 Å². The number of carbonyl (C=O) groups excluding carboxylic acids is 1. The van der Waals surface area contributed by atoms with Gasteiger partial charge in [-0.3, -0.25) is 5.32 Å². The zero-order valence-electron chi connectivity index (χ0n) is 16.5. The summed E-state index contributed by atoms with van der Waals surface area (Å²) in [5, 5.41) is 4.82. The van der Waals surface area contributed by atoms with E-state index in [4.69, 9.17) is 9.47 Å². The van der Waals surface area contributed by atoms with Crippen LogP contribution in [0.5, 0.6) is 5.75 Å². The quantitative estimate of drug-likeness (QED) is 0.655. The molecule has 8 heteroatoms. The number of nitrogens with one attached hydrogen (secondary N) is 1. The van der Waals surface area contributed by atoms with E-state index in [0.717, 1.165) is 47.7 Å². The standard InChI is InChI=1S/C21H24N4O3S/c1-14(2)27-16-5-3-15(4-6-16)24-21(26)28-17-7-10-25(11-8-17)20-19-18(9-12-29-19)22-13-23-20/h3-6,9,12-14,17H,7-8,10-11H2,1-2H3,(H,24,26). The molecule has 29 heavy (non-hydrogen) atoms. The average Bonchev–Trinajstić information content (AvgIpc) is 3.19. The highest BCUT2D eigenvalue weighted by Gasteiger charge is 2.24. The third kappa shape index (κ3) is 4.76. The summed E-state index contributed by atoms with van der Waals surface area (Å²) in [4.78, 5) is 23.2. The van der Waals surface area contributed by atoms with Crippen LogP contribution in [0.1, 0.15) is 26.7 Å². The van der Waals surface area contributed by atoms with E-state index in [0.29, 0.717) is 5.69 Å². The lowest BCUT2D eigenvalue weighted by molar-refractivity contribution is 0.0950. The molecule has 0 atom stereocenters. The van der Waals surface area contributed by atoms with Gasteiger partial charge in [0.1, 0.15) is 24.0 Å². The molecule has 0 aliphatic carbocycles. The number of fused-ring (bicyclic) bond motifs is 1. The molecule has 3 aromatic rings. The van der Waals surface area contributed by atoms with Crippen molar-refractivity contribution in [3.63, 3.8) is 0 Å². The first kappa shape index (κ1) is 19.4. The molecular formula is C21H24N4O3S. The Morgan fingerprint density at radius 3 is 2.66 bits per heavy atom. The van der Waals surface area contributed by atoms with Gasteiger partial charge in [0, 0.05) is 31.6 Å². The number of carbonyl (C=O) groups is 1. The molecule has 1 saturated heterocycles. The van der Waals surface area contributed by atoms with Crippen molar-refractivity contribution in [1.82, 2.24) is 9.97 Å². The molecule has 1 N–H and O–H groups in total. The lowest BCUT2D eigenvalue weighted by atomic mass is 10.1. The Bertz CT molecular complexity index is 965. The molecule has 1 aromatic carbocycles. The molecule has 0 unspecified atom stereocenters. The Morgan fingerprint density at radius 2 is 1.93 bits per heavy atom. The molecule has 4 rings (SSSR count). The van der Waals surface area contributed by atoms with E-state index in [9.17, 15) is 4.79 Å². The molecular weight excluding hydrogens is 388 g/mol. The van der Waals surface area contributed by atoms with Gasteiger partial charge in [0.05, 0.1) is 16.3 Å². The van der Waals surface area contributed by atoms with Crippen LogP contribution < -0.4 is 15.0 Å². The van der Waals surface area contributed by atoms with Crippen molar-refractivity contribution in [2.45, 2.75) is 38.9 Å². The molecule has 1 fully saturated rings. The van der Waals surface area contributed by atoms with Crippen LogP contribution in [-0.4, -0.2) is 41.4 Å². The van der Waals surface area contributed by atoms with E-state index < -0.39 is 6.09 Å². The van der Waals surface area contributed by atoms with Gasteiger partial charge in [0.2, 0.25) is 0 Å². The molecule has 1 amide bonds. The summed E-state index contributed by atoms with van der Waals surface area (Å²) in [5.41, 5.74) is 1.66. The summed E-state index contributed by atoms with van der Waals surface area (Å²) in [6.07, 6.45) is 2.73.